The normalized spacial score (nSPS) is 10.1. The van der Waals surface area contributed by atoms with E-state index in [1.54, 1.807) is 20.0 Å². The van der Waals surface area contributed by atoms with Gasteiger partial charge in [-0.05, 0) is 18.6 Å². The predicted molar refractivity (Wildman–Crippen MR) is 71.7 cm³/mol. The molecule has 0 spiro atoms. The summed E-state index contributed by atoms with van der Waals surface area (Å²) in [5.41, 5.74) is 2.45. The second-order valence-corrected chi connectivity index (χ2v) is 3.81. The van der Waals surface area contributed by atoms with E-state index >= 15 is 0 Å². The van der Waals surface area contributed by atoms with Crippen molar-refractivity contribution in [3.8, 4) is 11.3 Å². The van der Waals surface area contributed by atoms with E-state index in [0.717, 1.165) is 11.3 Å². The van der Waals surface area contributed by atoms with Crippen molar-refractivity contribution in [1.82, 2.24) is 4.98 Å². The van der Waals surface area contributed by atoms with E-state index in [0.29, 0.717) is 18.0 Å². The molecule has 0 aliphatic rings. The van der Waals surface area contributed by atoms with Gasteiger partial charge in [0.05, 0.1) is 6.61 Å². The minimum absolute atomic E-state index is 0.319. The lowest BCUT2D eigenvalue weighted by molar-refractivity contribution is 0.0528. The van der Waals surface area contributed by atoms with Crippen LogP contribution in [0.15, 0.2) is 36.4 Å². The molecule has 2 aromatic rings. The molecule has 0 fully saturated rings. The number of rotatable bonds is 4. The van der Waals surface area contributed by atoms with Crippen LogP contribution in [-0.2, 0) is 4.74 Å². The van der Waals surface area contributed by atoms with Gasteiger partial charge in [0, 0.05) is 12.7 Å². The molecule has 1 aromatic heterocycles. The summed E-state index contributed by atoms with van der Waals surface area (Å²) in [6, 6.07) is 11.6. The Morgan fingerprint density at radius 2 is 2.06 bits per heavy atom. The summed E-state index contributed by atoms with van der Waals surface area (Å²) >= 11 is 0. The zero-order valence-corrected chi connectivity index (χ0v) is 10.5. The molecule has 0 saturated carbocycles. The fourth-order valence-electron chi connectivity index (χ4n) is 1.79. The van der Waals surface area contributed by atoms with Crippen LogP contribution in [0.1, 0.15) is 17.3 Å². The molecule has 0 unspecified atom stereocenters. The highest BCUT2D eigenvalue weighted by Gasteiger charge is 2.16. The molecule has 2 N–H and O–H groups in total. The van der Waals surface area contributed by atoms with Crippen molar-refractivity contribution in [3.05, 3.63) is 42.0 Å². The monoisotopic (exact) mass is 244 g/mol. The van der Waals surface area contributed by atoms with Gasteiger partial charge >= 0.3 is 5.97 Å². The standard InChI is InChI=1S/C14H16N2O2/c1-3-18-14(17)11-9-12(16-13(11)15-2)10-7-5-4-6-8-10/h4-9,15-16H,3H2,1-2H3. The van der Waals surface area contributed by atoms with E-state index in [-0.39, 0.29) is 5.97 Å². The van der Waals surface area contributed by atoms with Crippen LogP contribution in [0.2, 0.25) is 0 Å². The van der Waals surface area contributed by atoms with Gasteiger partial charge in [0.25, 0.3) is 0 Å². The third kappa shape index (κ3) is 2.37. The topological polar surface area (TPSA) is 54.1 Å². The number of benzene rings is 1. The van der Waals surface area contributed by atoms with Crippen LogP contribution >= 0.6 is 0 Å². The summed E-state index contributed by atoms with van der Waals surface area (Å²) in [6.45, 7) is 2.16. The van der Waals surface area contributed by atoms with Crippen LogP contribution in [0.25, 0.3) is 11.3 Å². The average Bonchev–Trinajstić information content (AvgIpc) is 2.84. The molecule has 0 aliphatic carbocycles. The molecule has 0 atom stereocenters. The number of ether oxygens (including phenoxy) is 1. The number of carbonyl (C=O) groups excluding carboxylic acids is 1. The lowest BCUT2D eigenvalue weighted by Crippen LogP contribution is -2.06. The largest absolute Gasteiger partial charge is 0.462 e. The maximum Gasteiger partial charge on any atom is 0.341 e. The SMILES string of the molecule is CCOC(=O)c1cc(-c2ccccc2)[nH]c1NC. The fraction of sp³-hybridized carbons (Fsp3) is 0.214. The number of esters is 1. The smallest absolute Gasteiger partial charge is 0.341 e. The van der Waals surface area contributed by atoms with E-state index in [9.17, 15) is 4.79 Å². The zero-order valence-electron chi connectivity index (χ0n) is 10.5. The number of hydrogen-bond donors (Lipinski definition) is 2. The molecule has 2 rings (SSSR count). The first kappa shape index (κ1) is 12.2. The van der Waals surface area contributed by atoms with Gasteiger partial charge in [-0.15, -0.1) is 0 Å². The van der Waals surface area contributed by atoms with Gasteiger partial charge in [-0.3, -0.25) is 0 Å². The van der Waals surface area contributed by atoms with Crippen LogP contribution in [0.5, 0.6) is 0 Å². The molecular weight excluding hydrogens is 228 g/mol. The Balaban J connectivity index is 2.38. The van der Waals surface area contributed by atoms with Crippen molar-refractivity contribution in [2.24, 2.45) is 0 Å². The number of carbonyl (C=O) groups is 1. The average molecular weight is 244 g/mol. The van der Waals surface area contributed by atoms with Crippen molar-refractivity contribution in [3.63, 3.8) is 0 Å². The summed E-state index contributed by atoms with van der Waals surface area (Å²) in [5, 5.41) is 2.97. The summed E-state index contributed by atoms with van der Waals surface area (Å²) in [5.74, 6) is 0.354. The fourth-order valence-corrected chi connectivity index (χ4v) is 1.79. The Labute approximate surface area is 106 Å². The van der Waals surface area contributed by atoms with Crippen LogP contribution < -0.4 is 5.32 Å². The Morgan fingerprint density at radius 3 is 2.67 bits per heavy atom. The van der Waals surface area contributed by atoms with Gasteiger partial charge in [0.2, 0.25) is 0 Å². The third-order valence-electron chi connectivity index (χ3n) is 2.65. The van der Waals surface area contributed by atoms with Gasteiger partial charge in [-0.1, -0.05) is 30.3 Å². The zero-order chi connectivity index (χ0) is 13.0. The van der Waals surface area contributed by atoms with Gasteiger partial charge in [0.15, 0.2) is 0 Å². The summed E-state index contributed by atoms with van der Waals surface area (Å²) < 4.78 is 5.02. The molecule has 0 bridgehead atoms. The van der Waals surface area contributed by atoms with Gasteiger partial charge in [-0.25, -0.2) is 4.79 Å². The quantitative estimate of drug-likeness (QED) is 0.813. The lowest BCUT2D eigenvalue weighted by Gasteiger charge is -2.01. The second kappa shape index (κ2) is 5.40. The van der Waals surface area contributed by atoms with Crippen molar-refractivity contribution in [2.75, 3.05) is 19.0 Å². The minimum Gasteiger partial charge on any atom is -0.462 e. The van der Waals surface area contributed by atoms with Crippen molar-refractivity contribution >= 4 is 11.8 Å². The number of nitrogens with one attached hydrogen (secondary N) is 2. The Hall–Kier alpha value is -2.23. The first-order valence-corrected chi connectivity index (χ1v) is 5.89. The maximum absolute atomic E-state index is 11.8. The first-order chi connectivity index (χ1) is 8.76. The number of hydrogen-bond acceptors (Lipinski definition) is 3. The van der Waals surface area contributed by atoms with E-state index in [1.807, 2.05) is 30.3 Å². The van der Waals surface area contributed by atoms with Gasteiger partial charge in [0.1, 0.15) is 11.4 Å². The molecule has 1 aromatic carbocycles. The number of H-pyrrole nitrogens is 1. The molecule has 4 nitrogen and oxygen atoms in total. The molecule has 1 heterocycles. The highest BCUT2D eigenvalue weighted by Crippen LogP contribution is 2.25. The van der Waals surface area contributed by atoms with Crippen molar-refractivity contribution in [2.45, 2.75) is 6.92 Å². The molecule has 0 amide bonds. The van der Waals surface area contributed by atoms with E-state index < -0.39 is 0 Å². The van der Waals surface area contributed by atoms with E-state index in [2.05, 4.69) is 10.3 Å². The molecule has 0 saturated heterocycles. The molecule has 94 valence electrons. The van der Waals surface area contributed by atoms with E-state index in [1.165, 1.54) is 0 Å². The summed E-state index contributed by atoms with van der Waals surface area (Å²) in [7, 11) is 1.77. The maximum atomic E-state index is 11.8. The van der Waals surface area contributed by atoms with Crippen molar-refractivity contribution in [1.29, 1.82) is 0 Å². The van der Waals surface area contributed by atoms with Crippen LogP contribution in [0.3, 0.4) is 0 Å². The van der Waals surface area contributed by atoms with Crippen molar-refractivity contribution < 1.29 is 9.53 Å². The molecule has 0 aliphatic heterocycles. The highest BCUT2D eigenvalue weighted by atomic mass is 16.5. The van der Waals surface area contributed by atoms with Crippen LogP contribution in [-0.4, -0.2) is 24.6 Å². The number of anilines is 1. The van der Waals surface area contributed by atoms with E-state index in [4.69, 9.17) is 4.74 Å². The van der Waals surface area contributed by atoms with Gasteiger partial charge in [-0.2, -0.15) is 0 Å². The number of aromatic amines is 1. The van der Waals surface area contributed by atoms with Gasteiger partial charge < -0.3 is 15.0 Å². The highest BCUT2D eigenvalue weighted by molar-refractivity contribution is 5.96. The lowest BCUT2D eigenvalue weighted by atomic mass is 10.1. The second-order valence-electron chi connectivity index (χ2n) is 3.81. The summed E-state index contributed by atoms with van der Waals surface area (Å²) in [4.78, 5) is 15.0. The van der Waals surface area contributed by atoms with Crippen LogP contribution in [0.4, 0.5) is 5.82 Å². The molecule has 4 heteroatoms. The third-order valence-corrected chi connectivity index (χ3v) is 2.65. The predicted octanol–water partition coefficient (Wildman–Crippen LogP) is 2.90. The minimum atomic E-state index is -0.319. The molecular formula is C14H16N2O2. The first-order valence-electron chi connectivity index (χ1n) is 5.89. The summed E-state index contributed by atoms with van der Waals surface area (Å²) in [6.07, 6.45) is 0. The Kier molecular flexibility index (Phi) is 3.67. The molecule has 18 heavy (non-hydrogen) atoms. The molecule has 0 radical (unpaired) electrons. The van der Waals surface area contributed by atoms with Crippen LogP contribution in [0, 0.1) is 0 Å². The Morgan fingerprint density at radius 1 is 1.33 bits per heavy atom. The Bertz CT molecular complexity index is 532. The number of aromatic nitrogens is 1.